The Bertz CT molecular complexity index is 1110. The smallest absolute Gasteiger partial charge is 0.234 e. The number of hydrogen-bond acceptors (Lipinski definition) is 6. The van der Waals surface area contributed by atoms with Crippen molar-refractivity contribution in [2.45, 2.75) is 38.6 Å². The molecule has 1 unspecified atom stereocenters. The predicted molar refractivity (Wildman–Crippen MR) is 130 cm³/mol. The average Bonchev–Trinajstić information content (AvgIpc) is 3.16. The number of carbonyl (C=O) groups excluding carboxylic acids is 1. The van der Waals surface area contributed by atoms with Crippen molar-refractivity contribution in [3.63, 3.8) is 0 Å². The van der Waals surface area contributed by atoms with Crippen molar-refractivity contribution < 1.29 is 18.7 Å². The third-order valence-electron chi connectivity index (χ3n) is 4.57. The molecule has 0 aliphatic carbocycles. The fraction of sp³-hybridized carbons (Fsp3) is 0.348. The van der Waals surface area contributed by atoms with Gasteiger partial charge in [-0.15, -0.1) is 10.2 Å². The number of anilines is 1. The Morgan fingerprint density at radius 1 is 1.18 bits per heavy atom. The van der Waals surface area contributed by atoms with Gasteiger partial charge in [0.1, 0.15) is 5.82 Å². The number of thioether (sulfide) groups is 1. The van der Waals surface area contributed by atoms with Crippen molar-refractivity contribution in [2.24, 2.45) is 5.92 Å². The van der Waals surface area contributed by atoms with Gasteiger partial charge in [0.15, 0.2) is 28.6 Å². The summed E-state index contributed by atoms with van der Waals surface area (Å²) in [5.74, 6) is 1.44. The fourth-order valence-electron chi connectivity index (χ4n) is 3.11. The Hall–Kier alpha value is -2.59. The maximum absolute atomic E-state index is 14.0. The summed E-state index contributed by atoms with van der Waals surface area (Å²) >= 11 is 4.44. The van der Waals surface area contributed by atoms with Crippen LogP contribution in [0.1, 0.15) is 32.7 Å². The molecule has 3 aromatic rings. The zero-order chi connectivity index (χ0) is 24.0. The number of amides is 1. The monoisotopic (exact) mass is 536 g/mol. The van der Waals surface area contributed by atoms with E-state index in [9.17, 15) is 9.18 Å². The molecule has 1 atom stereocenters. The Balaban J connectivity index is 1.72. The van der Waals surface area contributed by atoms with Gasteiger partial charge in [-0.1, -0.05) is 53.7 Å². The summed E-state index contributed by atoms with van der Waals surface area (Å²) in [6, 6.07) is 11.9. The molecule has 176 valence electrons. The van der Waals surface area contributed by atoms with E-state index in [2.05, 4.69) is 45.3 Å². The van der Waals surface area contributed by atoms with Crippen LogP contribution in [0.25, 0.3) is 0 Å². The quantitative estimate of drug-likeness (QED) is 0.334. The molecule has 1 aromatic heterocycles. The summed E-state index contributed by atoms with van der Waals surface area (Å²) in [7, 11) is 1.59. The molecular weight excluding hydrogens is 511 g/mol. The molecule has 0 saturated heterocycles. The van der Waals surface area contributed by atoms with Gasteiger partial charge in [-0.2, -0.15) is 0 Å². The molecule has 0 radical (unpaired) electrons. The first-order valence-electron chi connectivity index (χ1n) is 10.4. The molecule has 7 nitrogen and oxygen atoms in total. The first kappa shape index (κ1) is 25.0. The maximum atomic E-state index is 14.0. The molecule has 3 rings (SSSR count). The third-order valence-corrected chi connectivity index (χ3v) is 6.03. The third kappa shape index (κ3) is 6.70. The van der Waals surface area contributed by atoms with E-state index in [1.165, 1.54) is 23.9 Å². The molecule has 1 amide bonds. The highest BCUT2D eigenvalue weighted by atomic mass is 79.9. The molecule has 0 saturated carbocycles. The summed E-state index contributed by atoms with van der Waals surface area (Å²) in [5.41, 5.74) is 0.131. The van der Waals surface area contributed by atoms with Crippen molar-refractivity contribution >= 4 is 39.3 Å². The van der Waals surface area contributed by atoms with E-state index in [0.717, 1.165) is 0 Å². The number of methoxy groups -OCH3 is 1. The molecule has 0 aliphatic heterocycles. The van der Waals surface area contributed by atoms with E-state index in [1.54, 1.807) is 13.2 Å². The van der Waals surface area contributed by atoms with Gasteiger partial charge in [0.2, 0.25) is 5.91 Å². The van der Waals surface area contributed by atoms with Gasteiger partial charge in [-0.3, -0.25) is 4.79 Å². The SMILES string of the molecule is COc1ccccc1OC(C)c1nnc(SCC(=O)Nc2ccc(Br)cc2F)n1CC(C)C. The van der Waals surface area contributed by atoms with Crippen LogP contribution in [0, 0.1) is 11.7 Å². The van der Waals surface area contributed by atoms with Crippen molar-refractivity contribution in [1.29, 1.82) is 0 Å². The van der Waals surface area contributed by atoms with Crippen LogP contribution in [-0.4, -0.2) is 33.5 Å². The van der Waals surface area contributed by atoms with Gasteiger partial charge in [0.05, 0.1) is 18.6 Å². The second kappa shape index (κ2) is 11.5. The molecule has 10 heteroatoms. The topological polar surface area (TPSA) is 78.3 Å². The number of nitrogens with zero attached hydrogens (tertiary/aromatic N) is 3. The molecule has 0 spiro atoms. The molecule has 33 heavy (non-hydrogen) atoms. The van der Waals surface area contributed by atoms with Crippen LogP contribution in [0.4, 0.5) is 10.1 Å². The molecular formula is C23H26BrFN4O3S. The van der Waals surface area contributed by atoms with E-state index >= 15 is 0 Å². The second-order valence-corrected chi connectivity index (χ2v) is 9.58. The van der Waals surface area contributed by atoms with E-state index in [4.69, 9.17) is 9.47 Å². The summed E-state index contributed by atoms with van der Waals surface area (Å²) in [6.07, 6.45) is -0.396. The highest BCUT2D eigenvalue weighted by molar-refractivity contribution is 9.10. The lowest BCUT2D eigenvalue weighted by atomic mass is 10.2. The molecule has 2 aromatic carbocycles. The average molecular weight is 537 g/mol. The van der Waals surface area contributed by atoms with Gasteiger partial charge < -0.3 is 19.4 Å². The van der Waals surface area contributed by atoms with Crippen LogP contribution < -0.4 is 14.8 Å². The lowest BCUT2D eigenvalue weighted by Crippen LogP contribution is -2.17. The van der Waals surface area contributed by atoms with Gasteiger partial charge >= 0.3 is 0 Å². The predicted octanol–water partition coefficient (Wildman–Crippen LogP) is 5.72. The number of rotatable bonds is 10. The first-order chi connectivity index (χ1) is 15.8. The van der Waals surface area contributed by atoms with Crippen molar-refractivity contribution in [3.8, 4) is 11.5 Å². The van der Waals surface area contributed by atoms with Crippen molar-refractivity contribution in [2.75, 3.05) is 18.2 Å². The number of nitrogens with one attached hydrogen (secondary N) is 1. The largest absolute Gasteiger partial charge is 0.493 e. The summed E-state index contributed by atoms with van der Waals surface area (Å²) in [6.45, 7) is 6.73. The van der Waals surface area contributed by atoms with Crippen LogP contribution >= 0.6 is 27.7 Å². The molecule has 0 fully saturated rings. The van der Waals surface area contributed by atoms with E-state index in [1.807, 2.05) is 35.8 Å². The van der Waals surface area contributed by atoms with Crippen LogP contribution in [0.5, 0.6) is 11.5 Å². The lowest BCUT2D eigenvalue weighted by molar-refractivity contribution is -0.113. The molecule has 0 aliphatic rings. The Morgan fingerprint density at radius 3 is 2.58 bits per heavy atom. The van der Waals surface area contributed by atoms with Crippen LogP contribution in [0.3, 0.4) is 0 Å². The van der Waals surface area contributed by atoms with Gasteiger partial charge in [-0.05, 0) is 43.2 Å². The maximum Gasteiger partial charge on any atom is 0.234 e. The second-order valence-electron chi connectivity index (χ2n) is 7.72. The fourth-order valence-corrected chi connectivity index (χ4v) is 4.20. The Kier molecular flexibility index (Phi) is 8.74. The molecule has 1 heterocycles. The van der Waals surface area contributed by atoms with Crippen molar-refractivity contribution in [1.82, 2.24) is 14.8 Å². The Morgan fingerprint density at radius 2 is 1.91 bits per heavy atom. The van der Waals surface area contributed by atoms with Crippen LogP contribution in [0.2, 0.25) is 0 Å². The minimum atomic E-state index is -0.504. The summed E-state index contributed by atoms with van der Waals surface area (Å²) < 4.78 is 28.0. The highest BCUT2D eigenvalue weighted by Gasteiger charge is 2.22. The summed E-state index contributed by atoms with van der Waals surface area (Å²) in [5, 5.41) is 11.8. The Labute approximate surface area is 205 Å². The first-order valence-corrected chi connectivity index (χ1v) is 12.2. The summed E-state index contributed by atoms with van der Waals surface area (Å²) in [4.78, 5) is 12.4. The van der Waals surface area contributed by atoms with Gasteiger partial charge in [0.25, 0.3) is 0 Å². The highest BCUT2D eigenvalue weighted by Crippen LogP contribution is 2.31. The van der Waals surface area contributed by atoms with E-state index < -0.39 is 11.9 Å². The zero-order valence-corrected chi connectivity index (χ0v) is 21.2. The van der Waals surface area contributed by atoms with Crippen LogP contribution in [-0.2, 0) is 11.3 Å². The lowest BCUT2D eigenvalue weighted by Gasteiger charge is -2.19. The number of ether oxygens (including phenoxy) is 2. The van der Waals surface area contributed by atoms with E-state index in [-0.39, 0.29) is 17.3 Å². The molecule has 0 bridgehead atoms. The number of hydrogen-bond donors (Lipinski definition) is 1. The number of aromatic nitrogens is 3. The molecule has 1 N–H and O–H groups in total. The normalized spacial score (nSPS) is 12.0. The zero-order valence-electron chi connectivity index (χ0n) is 18.8. The van der Waals surface area contributed by atoms with E-state index in [0.29, 0.717) is 39.4 Å². The number of para-hydroxylation sites is 2. The number of carbonyl (C=O) groups is 1. The van der Waals surface area contributed by atoms with Crippen molar-refractivity contribution in [3.05, 3.63) is 58.6 Å². The number of benzene rings is 2. The minimum Gasteiger partial charge on any atom is -0.493 e. The minimum absolute atomic E-state index is 0.0630. The number of halogens is 2. The standard InChI is InChI=1S/C23H26BrFN4O3S/c1-14(2)12-29-22(15(3)32-20-8-6-5-7-19(20)31-4)27-28-23(29)33-13-21(30)26-18-10-9-16(24)11-17(18)25/h5-11,14-15H,12-13H2,1-4H3,(H,26,30). The van der Waals surface area contributed by atoms with Crippen LogP contribution in [0.15, 0.2) is 52.1 Å². The van der Waals surface area contributed by atoms with Gasteiger partial charge in [-0.25, -0.2) is 4.39 Å². The van der Waals surface area contributed by atoms with Gasteiger partial charge in [0, 0.05) is 11.0 Å².